The number of thioether (sulfide) groups is 1. The van der Waals surface area contributed by atoms with Crippen molar-refractivity contribution in [3.05, 3.63) is 107 Å². The molecule has 0 aliphatic rings. The monoisotopic (exact) mass is 664 g/mol. The first-order chi connectivity index (χ1) is 21.8. The lowest BCUT2D eigenvalue weighted by molar-refractivity contribution is -0.141. The minimum absolute atomic E-state index is 0. The third-order valence-electron chi connectivity index (χ3n) is 7.18. The molecule has 0 aliphatic carbocycles. The Morgan fingerprint density at radius 3 is 1.81 bits per heavy atom. The van der Waals surface area contributed by atoms with Crippen molar-refractivity contribution in [2.45, 2.75) is 105 Å². The van der Waals surface area contributed by atoms with Crippen LogP contribution in [0.3, 0.4) is 0 Å². The Morgan fingerprint density at radius 2 is 1.32 bits per heavy atom. The molecule has 0 radical (unpaired) electrons. The molecule has 0 bridgehead atoms. The molecule has 47 heavy (non-hydrogen) atoms. The van der Waals surface area contributed by atoms with Gasteiger partial charge in [0.2, 0.25) is 5.91 Å². The van der Waals surface area contributed by atoms with Crippen molar-refractivity contribution in [3.63, 3.8) is 0 Å². The molecular weight excluding hydrogens is 609 g/mol. The van der Waals surface area contributed by atoms with Gasteiger partial charge in [-0.1, -0.05) is 103 Å². The first kappa shape index (κ1) is 41.2. The molecule has 8 heteroatoms. The van der Waals surface area contributed by atoms with Gasteiger partial charge in [0.25, 0.3) is 0 Å². The normalized spacial score (nSPS) is 13.2. The fourth-order valence-electron chi connectivity index (χ4n) is 4.80. The summed E-state index contributed by atoms with van der Waals surface area (Å²) in [5, 5.41) is 15.5. The second-order valence-corrected chi connectivity index (χ2v) is 13.9. The van der Waals surface area contributed by atoms with Crippen LogP contribution in [0.1, 0.15) is 98.6 Å². The summed E-state index contributed by atoms with van der Waals surface area (Å²) in [6, 6.07) is 16.5. The number of carbonyl (C=O) groups is 3. The average molecular weight is 665 g/mol. The van der Waals surface area contributed by atoms with Crippen LogP contribution in [0.25, 0.3) is 0 Å². The number of alkyl carbamates (subject to hydrolysis) is 1. The van der Waals surface area contributed by atoms with Crippen molar-refractivity contribution in [3.8, 4) is 0 Å². The SMILES string of the molecule is C.CC(C)=CCC/C(C)=C/CC/C(C)=C/CSC[C@H](NC(=O)[C@H](NC(=O)OC(C)(C)C)C(c1ccccc1)c1ccccc1)C(=O)O. The number of hydrogen-bond donors (Lipinski definition) is 3. The maximum Gasteiger partial charge on any atom is 0.408 e. The number of carboxylic acids is 1. The van der Waals surface area contributed by atoms with E-state index in [2.05, 4.69) is 56.6 Å². The number of nitrogens with one attached hydrogen (secondary N) is 2. The van der Waals surface area contributed by atoms with Crippen molar-refractivity contribution < 1.29 is 24.2 Å². The van der Waals surface area contributed by atoms with Crippen LogP contribution < -0.4 is 10.6 Å². The molecule has 2 atom stereocenters. The number of hydrogen-bond acceptors (Lipinski definition) is 5. The Bertz CT molecular complexity index is 1300. The van der Waals surface area contributed by atoms with E-state index in [-0.39, 0.29) is 13.2 Å². The Kier molecular flexibility index (Phi) is 18.6. The van der Waals surface area contributed by atoms with Crippen LogP contribution in [0.5, 0.6) is 0 Å². The van der Waals surface area contributed by atoms with Gasteiger partial charge >= 0.3 is 12.1 Å². The molecule has 2 aromatic carbocycles. The van der Waals surface area contributed by atoms with Gasteiger partial charge in [0.1, 0.15) is 17.7 Å². The quantitative estimate of drug-likeness (QED) is 0.115. The summed E-state index contributed by atoms with van der Waals surface area (Å²) in [7, 11) is 0. The summed E-state index contributed by atoms with van der Waals surface area (Å²) >= 11 is 1.44. The molecule has 258 valence electrons. The van der Waals surface area contributed by atoms with Crippen molar-refractivity contribution in [2.75, 3.05) is 11.5 Å². The molecule has 7 nitrogen and oxygen atoms in total. The van der Waals surface area contributed by atoms with E-state index >= 15 is 0 Å². The molecule has 2 rings (SSSR count). The minimum atomic E-state index is -1.15. The van der Waals surface area contributed by atoms with Crippen molar-refractivity contribution in [1.29, 1.82) is 0 Å². The first-order valence-corrected chi connectivity index (χ1v) is 17.1. The van der Waals surface area contributed by atoms with E-state index in [0.29, 0.717) is 5.75 Å². The summed E-state index contributed by atoms with van der Waals surface area (Å²) < 4.78 is 5.50. The number of rotatable bonds is 17. The molecule has 0 unspecified atom stereocenters. The second-order valence-electron chi connectivity index (χ2n) is 12.8. The molecule has 3 N–H and O–H groups in total. The number of aliphatic carboxylic acids is 1. The molecule has 0 aliphatic heterocycles. The number of ether oxygens (including phenoxy) is 1. The molecule has 0 aromatic heterocycles. The Labute approximate surface area is 287 Å². The number of carbonyl (C=O) groups excluding carboxylic acids is 2. The number of amides is 2. The number of allylic oxidation sites excluding steroid dienone is 5. The van der Waals surface area contributed by atoms with Crippen LogP contribution in [0.2, 0.25) is 0 Å². The molecule has 0 saturated carbocycles. The maximum atomic E-state index is 13.9. The van der Waals surface area contributed by atoms with Crippen LogP contribution in [0.15, 0.2) is 95.6 Å². The van der Waals surface area contributed by atoms with Gasteiger partial charge in [-0.3, -0.25) is 4.79 Å². The third kappa shape index (κ3) is 16.6. The summed E-state index contributed by atoms with van der Waals surface area (Å²) in [5.74, 6) is -1.52. The van der Waals surface area contributed by atoms with Gasteiger partial charge in [-0.25, -0.2) is 9.59 Å². The molecule has 0 fully saturated rings. The predicted octanol–water partition coefficient (Wildman–Crippen LogP) is 9.07. The topological polar surface area (TPSA) is 105 Å². The van der Waals surface area contributed by atoms with E-state index in [1.165, 1.54) is 28.5 Å². The standard InChI is InChI=1S/C38H52N2O5S.CH4/c1-27(2)16-14-17-28(3)18-15-19-29(4)24-25-46-26-32(36(42)43)39-35(41)34(40-37(44)45-38(5,6)7)33(30-20-10-8-11-21-30)31-22-12-9-13-23-31;/h8-13,16,18,20-24,32-34H,14-15,17,19,25-26H2,1-7H3,(H,39,41)(H,40,44)(H,42,43);1H4/b28-18+,29-24+;/t32-,34+;/m0./s1. The van der Waals surface area contributed by atoms with Crippen LogP contribution in [-0.4, -0.2) is 52.3 Å². The number of benzene rings is 2. The van der Waals surface area contributed by atoms with Crippen molar-refractivity contribution in [1.82, 2.24) is 10.6 Å². The largest absolute Gasteiger partial charge is 0.480 e. The zero-order valence-corrected chi connectivity index (χ0v) is 29.3. The van der Waals surface area contributed by atoms with Crippen LogP contribution in [0, 0.1) is 0 Å². The smallest absolute Gasteiger partial charge is 0.408 e. The van der Waals surface area contributed by atoms with E-state index in [0.717, 1.165) is 36.8 Å². The first-order valence-electron chi connectivity index (χ1n) is 15.9. The molecule has 0 spiro atoms. The lowest BCUT2D eigenvalue weighted by Crippen LogP contribution is -2.55. The minimum Gasteiger partial charge on any atom is -0.480 e. The fraction of sp³-hybridized carbons (Fsp3) is 0.462. The molecule has 0 heterocycles. The van der Waals surface area contributed by atoms with Gasteiger partial charge in [0, 0.05) is 17.4 Å². The summed E-state index contributed by atoms with van der Waals surface area (Å²) in [6.45, 7) is 13.7. The lowest BCUT2D eigenvalue weighted by Gasteiger charge is -2.30. The average Bonchev–Trinajstić information content (AvgIpc) is 2.98. The van der Waals surface area contributed by atoms with Crippen LogP contribution >= 0.6 is 11.8 Å². The highest BCUT2D eigenvalue weighted by Gasteiger charge is 2.35. The van der Waals surface area contributed by atoms with E-state index in [4.69, 9.17) is 4.74 Å². The molecule has 2 amide bonds. The second kappa shape index (κ2) is 21.2. The Morgan fingerprint density at radius 1 is 0.809 bits per heavy atom. The van der Waals surface area contributed by atoms with E-state index in [1.807, 2.05) is 60.7 Å². The zero-order chi connectivity index (χ0) is 34.1. The van der Waals surface area contributed by atoms with Crippen molar-refractivity contribution in [2.24, 2.45) is 0 Å². The highest BCUT2D eigenvalue weighted by atomic mass is 32.2. The van der Waals surface area contributed by atoms with Gasteiger partial charge in [-0.15, -0.1) is 0 Å². The highest BCUT2D eigenvalue weighted by Crippen LogP contribution is 2.29. The fourth-order valence-corrected chi connectivity index (χ4v) is 5.80. The van der Waals surface area contributed by atoms with E-state index < -0.39 is 41.6 Å². The van der Waals surface area contributed by atoms with Crippen molar-refractivity contribution >= 4 is 29.7 Å². The highest BCUT2D eigenvalue weighted by molar-refractivity contribution is 7.99. The Hall–Kier alpha value is -3.78. The zero-order valence-electron chi connectivity index (χ0n) is 28.5. The molecule has 0 saturated heterocycles. The van der Waals surface area contributed by atoms with Crippen LogP contribution in [-0.2, 0) is 14.3 Å². The van der Waals surface area contributed by atoms with E-state index in [1.54, 1.807) is 20.8 Å². The van der Waals surface area contributed by atoms with Crippen LogP contribution in [0.4, 0.5) is 4.79 Å². The summed E-state index contributed by atoms with van der Waals surface area (Å²) in [5.41, 5.74) is 4.78. The number of carboxylic acid groups (broad SMARTS) is 1. The third-order valence-corrected chi connectivity index (χ3v) is 8.15. The molecule has 2 aromatic rings. The van der Waals surface area contributed by atoms with Gasteiger partial charge in [0.15, 0.2) is 0 Å². The molecular formula is C39H56N2O5S. The summed E-state index contributed by atoms with van der Waals surface area (Å²) in [4.78, 5) is 39.1. The van der Waals surface area contributed by atoms with Gasteiger partial charge < -0.3 is 20.5 Å². The summed E-state index contributed by atoms with van der Waals surface area (Å²) in [6.07, 6.45) is 9.95. The Balaban J connectivity index is 0.0000110. The van der Waals surface area contributed by atoms with Gasteiger partial charge in [0.05, 0.1) is 0 Å². The van der Waals surface area contributed by atoms with Gasteiger partial charge in [-0.2, -0.15) is 11.8 Å². The maximum absolute atomic E-state index is 13.9. The van der Waals surface area contributed by atoms with E-state index in [9.17, 15) is 19.5 Å². The van der Waals surface area contributed by atoms with Gasteiger partial charge in [-0.05, 0) is 85.3 Å². The lowest BCUT2D eigenvalue weighted by atomic mass is 9.84. The predicted molar refractivity (Wildman–Crippen MR) is 197 cm³/mol.